The van der Waals surface area contributed by atoms with E-state index in [0.29, 0.717) is 19.3 Å². The molecule has 0 radical (unpaired) electrons. The van der Waals surface area contributed by atoms with Crippen molar-refractivity contribution in [2.24, 2.45) is 5.41 Å². The topological polar surface area (TPSA) is 37.3 Å². The average molecular weight is 166 g/mol. The zero-order valence-corrected chi connectivity index (χ0v) is 7.34. The molecular weight excluding hydrogens is 152 g/mol. The van der Waals surface area contributed by atoms with Crippen molar-refractivity contribution in [3.05, 3.63) is 0 Å². The third-order valence-electron chi connectivity index (χ3n) is 2.72. The largest absolute Gasteiger partial charge is 0.392 e. The zero-order chi connectivity index (χ0) is 9.19. The number of hydrogen-bond acceptors (Lipinski definition) is 2. The molecule has 1 fully saturated rings. The molecule has 66 valence electrons. The van der Waals surface area contributed by atoms with Crippen LogP contribution in [0.2, 0.25) is 0 Å². The first-order chi connectivity index (χ1) is 5.61. The van der Waals surface area contributed by atoms with Gasteiger partial charge in [0.2, 0.25) is 0 Å². The summed E-state index contributed by atoms with van der Waals surface area (Å²) >= 11 is 0. The fraction of sp³-hybridized carbons (Fsp3) is 0.700. The smallest absolute Gasteiger partial charge is 0.142 e. The summed E-state index contributed by atoms with van der Waals surface area (Å²) in [5.74, 6) is 2.57. The second-order valence-electron chi connectivity index (χ2n) is 3.63. The van der Waals surface area contributed by atoms with E-state index in [1.807, 2.05) is 0 Å². The van der Waals surface area contributed by atoms with Crippen molar-refractivity contribution in [3.63, 3.8) is 0 Å². The molecule has 0 saturated heterocycles. The third-order valence-corrected chi connectivity index (χ3v) is 2.72. The van der Waals surface area contributed by atoms with Crippen LogP contribution in [-0.2, 0) is 4.79 Å². The molecule has 2 atom stereocenters. The van der Waals surface area contributed by atoms with Crippen LogP contribution in [0.3, 0.4) is 0 Å². The Morgan fingerprint density at radius 3 is 3.00 bits per heavy atom. The lowest BCUT2D eigenvalue weighted by Gasteiger charge is -2.35. The van der Waals surface area contributed by atoms with Crippen molar-refractivity contribution < 1.29 is 9.90 Å². The molecule has 1 N–H and O–H groups in total. The number of hydrogen-bond donors (Lipinski definition) is 1. The molecule has 1 saturated carbocycles. The maximum absolute atomic E-state index is 11.5. The van der Waals surface area contributed by atoms with Gasteiger partial charge < -0.3 is 5.11 Å². The minimum Gasteiger partial charge on any atom is -0.392 e. The predicted octanol–water partition coefficient (Wildman–Crippen LogP) is 1.13. The standard InChI is InChI=1S/C10H14O2/c1-3-7-10(2)8(11)5-4-6-9(10)12/h1,8,11H,4-7H2,2H3. The summed E-state index contributed by atoms with van der Waals surface area (Å²) in [4.78, 5) is 11.5. The molecule has 2 nitrogen and oxygen atoms in total. The Labute approximate surface area is 73.0 Å². The lowest BCUT2D eigenvalue weighted by molar-refractivity contribution is -0.138. The summed E-state index contributed by atoms with van der Waals surface area (Å²) in [7, 11) is 0. The molecule has 2 unspecified atom stereocenters. The molecule has 1 aliphatic rings. The Morgan fingerprint density at radius 1 is 1.83 bits per heavy atom. The van der Waals surface area contributed by atoms with Gasteiger partial charge >= 0.3 is 0 Å². The fourth-order valence-electron chi connectivity index (χ4n) is 1.67. The van der Waals surface area contributed by atoms with Gasteiger partial charge in [0.05, 0.1) is 11.5 Å². The summed E-state index contributed by atoms with van der Waals surface area (Å²) < 4.78 is 0. The van der Waals surface area contributed by atoms with E-state index in [9.17, 15) is 9.90 Å². The van der Waals surface area contributed by atoms with E-state index in [-0.39, 0.29) is 5.78 Å². The molecule has 1 rings (SSSR count). The minimum atomic E-state index is -0.674. The van der Waals surface area contributed by atoms with E-state index in [2.05, 4.69) is 5.92 Å². The van der Waals surface area contributed by atoms with Crippen LogP contribution in [0.15, 0.2) is 0 Å². The number of rotatable bonds is 1. The molecule has 0 amide bonds. The van der Waals surface area contributed by atoms with E-state index < -0.39 is 11.5 Å². The highest BCUT2D eigenvalue weighted by atomic mass is 16.3. The Kier molecular flexibility index (Phi) is 2.54. The number of ketones is 1. The maximum atomic E-state index is 11.5. The molecule has 0 aromatic carbocycles. The van der Waals surface area contributed by atoms with E-state index in [0.717, 1.165) is 6.42 Å². The van der Waals surface area contributed by atoms with Crippen LogP contribution in [0, 0.1) is 17.8 Å². The van der Waals surface area contributed by atoms with Gasteiger partial charge in [-0.1, -0.05) is 0 Å². The van der Waals surface area contributed by atoms with Crippen molar-refractivity contribution in [1.82, 2.24) is 0 Å². The molecule has 0 aromatic rings. The first kappa shape index (κ1) is 9.28. The summed E-state index contributed by atoms with van der Waals surface area (Å²) in [5, 5.41) is 9.61. The van der Waals surface area contributed by atoms with Gasteiger partial charge in [0.1, 0.15) is 5.78 Å². The van der Waals surface area contributed by atoms with Crippen LogP contribution in [0.25, 0.3) is 0 Å². The highest BCUT2D eigenvalue weighted by Gasteiger charge is 2.41. The maximum Gasteiger partial charge on any atom is 0.142 e. The van der Waals surface area contributed by atoms with Crippen LogP contribution < -0.4 is 0 Å². The van der Waals surface area contributed by atoms with Crippen LogP contribution in [0.5, 0.6) is 0 Å². The van der Waals surface area contributed by atoms with Crippen molar-refractivity contribution in [1.29, 1.82) is 0 Å². The molecule has 0 heterocycles. The van der Waals surface area contributed by atoms with Gasteiger partial charge in [0, 0.05) is 12.8 Å². The number of Topliss-reactive ketones (excluding diaryl/α,β-unsaturated/α-hetero) is 1. The summed E-state index contributed by atoms with van der Waals surface area (Å²) in [6.45, 7) is 1.76. The molecule has 0 spiro atoms. The Balaban J connectivity index is 2.81. The Morgan fingerprint density at radius 2 is 2.50 bits per heavy atom. The summed E-state index contributed by atoms with van der Waals surface area (Å²) in [6.07, 6.45) is 7.02. The van der Waals surface area contributed by atoms with Gasteiger partial charge in [0.15, 0.2) is 0 Å². The van der Waals surface area contributed by atoms with Crippen LogP contribution in [-0.4, -0.2) is 17.0 Å². The molecule has 0 aromatic heterocycles. The van der Waals surface area contributed by atoms with Crippen molar-refractivity contribution in [2.75, 3.05) is 0 Å². The first-order valence-corrected chi connectivity index (χ1v) is 4.26. The highest BCUT2D eigenvalue weighted by Crippen LogP contribution is 2.35. The second-order valence-corrected chi connectivity index (χ2v) is 3.63. The lowest BCUT2D eigenvalue weighted by Crippen LogP contribution is -2.42. The third kappa shape index (κ3) is 1.37. The van der Waals surface area contributed by atoms with E-state index >= 15 is 0 Å². The second kappa shape index (κ2) is 3.28. The van der Waals surface area contributed by atoms with Crippen molar-refractivity contribution in [2.45, 2.75) is 38.7 Å². The average Bonchev–Trinajstić information content (AvgIpc) is 2.02. The Hall–Kier alpha value is -0.810. The predicted molar refractivity (Wildman–Crippen MR) is 46.4 cm³/mol. The Bertz CT molecular complexity index is 226. The van der Waals surface area contributed by atoms with E-state index in [1.165, 1.54) is 0 Å². The molecule has 0 aliphatic heterocycles. The van der Waals surface area contributed by atoms with Gasteiger partial charge in [-0.25, -0.2) is 0 Å². The van der Waals surface area contributed by atoms with E-state index in [4.69, 9.17) is 6.42 Å². The van der Waals surface area contributed by atoms with Gasteiger partial charge in [-0.3, -0.25) is 4.79 Å². The monoisotopic (exact) mass is 166 g/mol. The SMILES string of the molecule is C#CCC1(C)C(=O)CCCC1O. The van der Waals surface area contributed by atoms with Gasteiger partial charge in [0.25, 0.3) is 0 Å². The number of aliphatic hydroxyl groups excluding tert-OH is 1. The van der Waals surface area contributed by atoms with Crippen LogP contribution in [0.4, 0.5) is 0 Å². The van der Waals surface area contributed by atoms with Gasteiger partial charge in [-0.15, -0.1) is 12.3 Å². The normalized spacial score (nSPS) is 36.1. The van der Waals surface area contributed by atoms with Gasteiger partial charge in [-0.2, -0.15) is 0 Å². The zero-order valence-electron chi connectivity index (χ0n) is 7.34. The number of aliphatic hydroxyl groups is 1. The number of terminal acetylenes is 1. The van der Waals surface area contributed by atoms with Gasteiger partial charge in [-0.05, 0) is 19.8 Å². The highest BCUT2D eigenvalue weighted by molar-refractivity contribution is 5.86. The first-order valence-electron chi connectivity index (χ1n) is 4.26. The number of carbonyl (C=O) groups excluding carboxylic acids is 1. The summed E-state index contributed by atoms with van der Waals surface area (Å²) in [5.41, 5.74) is -0.674. The molecule has 1 aliphatic carbocycles. The quantitative estimate of drug-likeness (QED) is 0.593. The van der Waals surface area contributed by atoms with Crippen LogP contribution in [0.1, 0.15) is 32.6 Å². The molecule has 0 bridgehead atoms. The molecule has 2 heteroatoms. The lowest BCUT2D eigenvalue weighted by atomic mass is 9.70. The summed E-state index contributed by atoms with van der Waals surface area (Å²) in [6, 6.07) is 0. The minimum absolute atomic E-state index is 0.110. The molecular formula is C10H14O2. The molecule has 12 heavy (non-hydrogen) atoms. The number of carbonyl (C=O) groups is 1. The fourth-order valence-corrected chi connectivity index (χ4v) is 1.67. The van der Waals surface area contributed by atoms with E-state index in [1.54, 1.807) is 6.92 Å². The van der Waals surface area contributed by atoms with Crippen LogP contribution >= 0.6 is 0 Å². The van der Waals surface area contributed by atoms with Crippen molar-refractivity contribution in [3.8, 4) is 12.3 Å². The van der Waals surface area contributed by atoms with Crippen molar-refractivity contribution >= 4 is 5.78 Å².